The lowest BCUT2D eigenvalue weighted by Gasteiger charge is -2.12. The number of aromatic amines is 1. The number of rotatable bonds is 6. The van der Waals surface area contributed by atoms with Gasteiger partial charge in [-0.1, -0.05) is 49.0 Å². The van der Waals surface area contributed by atoms with E-state index >= 15 is 0 Å². The highest BCUT2D eigenvalue weighted by Gasteiger charge is 2.12. The molecule has 2 N–H and O–H groups in total. The van der Waals surface area contributed by atoms with E-state index in [1.165, 1.54) is 0 Å². The molecule has 1 aromatic heterocycles. The average molecular weight is 352 g/mol. The van der Waals surface area contributed by atoms with Gasteiger partial charge in [0.05, 0.1) is 0 Å². The third-order valence-corrected chi connectivity index (χ3v) is 4.80. The summed E-state index contributed by atoms with van der Waals surface area (Å²) in [5, 5.41) is 11.0. The molecule has 0 saturated heterocycles. The van der Waals surface area contributed by atoms with Crippen molar-refractivity contribution in [2.45, 2.75) is 30.7 Å². The molecule has 5 nitrogen and oxygen atoms in total. The smallest absolute Gasteiger partial charge is 0.255 e. The van der Waals surface area contributed by atoms with Gasteiger partial charge in [-0.3, -0.25) is 9.89 Å². The highest BCUT2D eigenvalue weighted by Crippen LogP contribution is 2.33. The molecule has 0 radical (unpaired) electrons. The normalized spacial score (nSPS) is 11.9. The average Bonchev–Trinajstić information content (AvgIpc) is 3.10. The number of carbonyl (C=O) groups excluding carboxylic acids is 1. The number of thioether (sulfide) groups is 1. The molecule has 25 heavy (non-hydrogen) atoms. The number of carbonyl (C=O) groups is 1. The predicted molar refractivity (Wildman–Crippen MR) is 101 cm³/mol. The first kappa shape index (κ1) is 17.2. The van der Waals surface area contributed by atoms with Crippen LogP contribution >= 0.6 is 11.8 Å². The maximum absolute atomic E-state index is 12.3. The molecule has 0 unspecified atom stereocenters. The van der Waals surface area contributed by atoms with Gasteiger partial charge in [0.2, 0.25) is 5.16 Å². The van der Waals surface area contributed by atoms with Crippen molar-refractivity contribution < 1.29 is 4.79 Å². The number of benzene rings is 2. The molecule has 0 bridgehead atoms. The van der Waals surface area contributed by atoms with E-state index in [1.807, 2.05) is 49.4 Å². The van der Waals surface area contributed by atoms with Gasteiger partial charge in [-0.05, 0) is 36.8 Å². The first-order valence-corrected chi connectivity index (χ1v) is 9.08. The van der Waals surface area contributed by atoms with Crippen molar-refractivity contribution >= 4 is 23.4 Å². The fourth-order valence-corrected chi connectivity index (χ4v) is 3.24. The van der Waals surface area contributed by atoms with Gasteiger partial charge >= 0.3 is 0 Å². The van der Waals surface area contributed by atoms with Gasteiger partial charge in [-0.25, -0.2) is 4.98 Å². The minimum absolute atomic E-state index is 0.111. The molecule has 128 valence electrons. The van der Waals surface area contributed by atoms with E-state index in [0.29, 0.717) is 5.56 Å². The number of H-pyrrole nitrogens is 1. The van der Waals surface area contributed by atoms with Crippen LogP contribution in [0.3, 0.4) is 0 Å². The van der Waals surface area contributed by atoms with Crippen molar-refractivity contribution in [2.24, 2.45) is 0 Å². The minimum Gasteiger partial charge on any atom is -0.322 e. The standard InChI is InChI=1S/C19H20N4OS/c1-3-17-21-19(23-22-17)25-13(2)15-10-7-11-16(12-15)20-18(24)14-8-5-4-6-9-14/h4-13H,3H2,1-2H3,(H,20,24)(H,21,22,23)/t13-/m0/s1. The van der Waals surface area contributed by atoms with E-state index < -0.39 is 0 Å². The maximum atomic E-state index is 12.3. The lowest BCUT2D eigenvalue weighted by atomic mass is 10.1. The predicted octanol–water partition coefficient (Wildman–Crippen LogP) is 4.47. The summed E-state index contributed by atoms with van der Waals surface area (Å²) < 4.78 is 0. The van der Waals surface area contributed by atoms with Crippen LogP contribution in [0.4, 0.5) is 5.69 Å². The number of amides is 1. The Morgan fingerprint density at radius 3 is 2.72 bits per heavy atom. The highest BCUT2D eigenvalue weighted by atomic mass is 32.2. The van der Waals surface area contributed by atoms with Crippen molar-refractivity contribution in [1.82, 2.24) is 15.2 Å². The van der Waals surface area contributed by atoms with Gasteiger partial charge < -0.3 is 5.32 Å². The third kappa shape index (κ3) is 4.48. The zero-order valence-electron chi connectivity index (χ0n) is 14.2. The summed E-state index contributed by atoms with van der Waals surface area (Å²) in [5.41, 5.74) is 2.53. The Balaban J connectivity index is 1.69. The summed E-state index contributed by atoms with van der Waals surface area (Å²) in [6, 6.07) is 17.1. The van der Waals surface area contributed by atoms with Gasteiger partial charge in [0.25, 0.3) is 5.91 Å². The van der Waals surface area contributed by atoms with Crippen LogP contribution in [-0.2, 0) is 6.42 Å². The van der Waals surface area contributed by atoms with E-state index in [1.54, 1.807) is 23.9 Å². The molecule has 0 saturated carbocycles. The lowest BCUT2D eigenvalue weighted by molar-refractivity contribution is 0.102. The third-order valence-electron chi connectivity index (χ3n) is 3.78. The number of nitrogens with one attached hydrogen (secondary N) is 2. The second kappa shape index (κ2) is 7.98. The second-order valence-corrected chi connectivity index (χ2v) is 6.93. The van der Waals surface area contributed by atoms with E-state index in [-0.39, 0.29) is 11.2 Å². The van der Waals surface area contributed by atoms with E-state index in [9.17, 15) is 4.79 Å². The zero-order valence-corrected chi connectivity index (χ0v) is 15.0. The molecule has 2 aromatic carbocycles. The molecule has 1 amide bonds. The maximum Gasteiger partial charge on any atom is 0.255 e. The van der Waals surface area contributed by atoms with Crippen molar-refractivity contribution in [3.63, 3.8) is 0 Å². The summed E-state index contributed by atoms with van der Waals surface area (Å²) in [6.45, 7) is 4.14. The zero-order chi connectivity index (χ0) is 17.6. The van der Waals surface area contributed by atoms with Crippen molar-refractivity contribution in [1.29, 1.82) is 0 Å². The molecule has 3 rings (SSSR count). The monoisotopic (exact) mass is 352 g/mol. The molecule has 1 atom stereocenters. The summed E-state index contributed by atoms with van der Waals surface area (Å²) in [5.74, 6) is 0.776. The SMILES string of the molecule is CCc1nc(S[C@@H](C)c2cccc(NC(=O)c3ccccc3)c2)n[nH]1. The fraction of sp³-hybridized carbons (Fsp3) is 0.211. The Hall–Kier alpha value is -2.60. The van der Waals surface area contributed by atoms with Gasteiger partial charge in [0, 0.05) is 22.9 Å². The summed E-state index contributed by atoms with van der Waals surface area (Å²) >= 11 is 1.59. The Morgan fingerprint density at radius 1 is 1.20 bits per heavy atom. The molecule has 0 aliphatic carbocycles. The van der Waals surface area contributed by atoms with Gasteiger partial charge in [0.15, 0.2) is 0 Å². The van der Waals surface area contributed by atoms with Crippen molar-refractivity contribution in [3.8, 4) is 0 Å². The van der Waals surface area contributed by atoms with Crippen LogP contribution in [0.5, 0.6) is 0 Å². The first-order valence-electron chi connectivity index (χ1n) is 8.20. The molecule has 1 heterocycles. The molecular formula is C19H20N4OS. The molecular weight excluding hydrogens is 332 g/mol. The van der Waals surface area contributed by atoms with Crippen LogP contribution in [0.2, 0.25) is 0 Å². The topological polar surface area (TPSA) is 70.7 Å². The van der Waals surface area contributed by atoms with Crippen molar-refractivity contribution in [3.05, 3.63) is 71.5 Å². The fourth-order valence-electron chi connectivity index (χ4n) is 2.38. The molecule has 0 aliphatic rings. The van der Waals surface area contributed by atoms with Crippen LogP contribution in [0.1, 0.15) is 40.8 Å². The minimum atomic E-state index is -0.111. The Kier molecular flexibility index (Phi) is 5.50. The van der Waals surface area contributed by atoms with Gasteiger partial charge in [0.1, 0.15) is 5.82 Å². The summed E-state index contributed by atoms with van der Waals surface area (Å²) in [7, 11) is 0. The number of hydrogen-bond donors (Lipinski definition) is 2. The molecule has 6 heteroatoms. The Labute approximate surface area is 151 Å². The molecule has 0 aliphatic heterocycles. The number of aromatic nitrogens is 3. The Morgan fingerprint density at radius 2 is 2.00 bits per heavy atom. The Bertz CT molecular complexity index is 847. The van der Waals surface area contributed by atoms with Gasteiger partial charge in [-0.2, -0.15) is 0 Å². The van der Waals surface area contributed by atoms with E-state index in [0.717, 1.165) is 28.7 Å². The van der Waals surface area contributed by atoms with Crippen LogP contribution in [0.15, 0.2) is 59.8 Å². The number of aryl methyl sites for hydroxylation is 1. The van der Waals surface area contributed by atoms with Crippen molar-refractivity contribution in [2.75, 3.05) is 5.32 Å². The summed E-state index contributed by atoms with van der Waals surface area (Å²) in [4.78, 5) is 16.7. The summed E-state index contributed by atoms with van der Waals surface area (Å²) in [6.07, 6.45) is 0.836. The first-order chi connectivity index (χ1) is 12.2. The van der Waals surface area contributed by atoms with Crippen LogP contribution < -0.4 is 5.32 Å². The molecule has 0 fully saturated rings. The molecule has 3 aromatic rings. The van der Waals surface area contributed by atoms with E-state index in [2.05, 4.69) is 27.4 Å². The van der Waals surface area contributed by atoms with Crippen LogP contribution in [0.25, 0.3) is 0 Å². The number of nitrogens with zero attached hydrogens (tertiary/aromatic N) is 2. The van der Waals surface area contributed by atoms with Gasteiger partial charge in [-0.15, -0.1) is 5.10 Å². The lowest BCUT2D eigenvalue weighted by Crippen LogP contribution is -2.11. The molecule has 0 spiro atoms. The second-order valence-electron chi connectivity index (χ2n) is 5.62. The largest absolute Gasteiger partial charge is 0.322 e. The number of anilines is 1. The highest BCUT2D eigenvalue weighted by molar-refractivity contribution is 7.99. The van der Waals surface area contributed by atoms with Crippen LogP contribution in [0, 0.1) is 0 Å². The number of hydrogen-bond acceptors (Lipinski definition) is 4. The van der Waals surface area contributed by atoms with E-state index in [4.69, 9.17) is 0 Å². The quantitative estimate of drug-likeness (QED) is 0.642. The van der Waals surface area contributed by atoms with Crippen LogP contribution in [-0.4, -0.2) is 21.1 Å².